The molecule has 0 aliphatic heterocycles. The quantitative estimate of drug-likeness (QED) is 0.766. The Morgan fingerprint density at radius 3 is 2.52 bits per heavy atom. The number of rotatable bonds is 7. The lowest BCUT2D eigenvalue weighted by Crippen LogP contribution is -2.40. The van der Waals surface area contributed by atoms with E-state index in [0.29, 0.717) is 17.3 Å². The monoisotopic (exact) mass is 358 g/mol. The van der Waals surface area contributed by atoms with Crippen molar-refractivity contribution in [2.75, 3.05) is 18.0 Å². The van der Waals surface area contributed by atoms with Crippen molar-refractivity contribution >= 4 is 29.1 Å². The number of aryl methyl sites for hydroxylation is 2. The molecule has 0 heterocycles. The van der Waals surface area contributed by atoms with Crippen LogP contribution in [0.4, 0.5) is 5.69 Å². The van der Waals surface area contributed by atoms with E-state index in [1.807, 2.05) is 31.2 Å². The van der Waals surface area contributed by atoms with Gasteiger partial charge < -0.3 is 10.2 Å². The van der Waals surface area contributed by atoms with Crippen LogP contribution >= 0.6 is 11.6 Å². The molecule has 0 unspecified atom stereocenters. The second kappa shape index (κ2) is 9.23. The summed E-state index contributed by atoms with van der Waals surface area (Å²) in [5, 5.41) is 3.41. The van der Waals surface area contributed by atoms with Gasteiger partial charge in [-0.3, -0.25) is 9.59 Å². The zero-order valence-corrected chi connectivity index (χ0v) is 15.3. The highest BCUT2D eigenvalue weighted by Gasteiger charge is 2.17. The molecule has 0 aliphatic rings. The molecule has 132 valence electrons. The zero-order chi connectivity index (χ0) is 18.2. The van der Waals surface area contributed by atoms with Gasteiger partial charge in [0, 0.05) is 24.2 Å². The average Bonchev–Trinajstić information content (AvgIpc) is 2.59. The molecule has 2 aromatic carbocycles. The van der Waals surface area contributed by atoms with Crippen LogP contribution in [0.5, 0.6) is 0 Å². The molecule has 2 rings (SSSR count). The number of nitrogens with zero attached hydrogens (tertiary/aromatic N) is 1. The Morgan fingerprint density at radius 1 is 1.12 bits per heavy atom. The second-order valence-corrected chi connectivity index (χ2v) is 6.41. The van der Waals surface area contributed by atoms with Crippen LogP contribution in [0.25, 0.3) is 0 Å². The zero-order valence-electron chi connectivity index (χ0n) is 14.6. The Bertz CT molecular complexity index is 732. The van der Waals surface area contributed by atoms with Crippen molar-refractivity contribution < 1.29 is 9.59 Å². The maximum absolute atomic E-state index is 12.2. The molecule has 0 aromatic heterocycles. The molecule has 5 heteroatoms. The number of hydrogen-bond acceptors (Lipinski definition) is 2. The molecule has 2 amide bonds. The maximum Gasteiger partial charge on any atom is 0.240 e. The molecule has 0 spiro atoms. The summed E-state index contributed by atoms with van der Waals surface area (Å²) in [5.41, 5.74) is 2.81. The van der Waals surface area contributed by atoms with E-state index in [1.165, 1.54) is 17.4 Å². The Balaban J connectivity index is 1.88. The minimum absolute atomic E-state index is 0.0121. The third-order valence-corrected chi connectivity index (χ3v) is 4.19. The van der Waals surface area contributed by atoms with E-state index in [4.69, 9.17) is 11.6 Å². The lowest BCUT2D eigenvalue weighted by atomic mass is 10.1. The van der Waals surface area contributed by atoms with Gasteiger partial charge in [0.05, 0.1) is 0 Å². The molecule has 4 nitrogen and oxygen atoms in total. The van der Waals surface area contributed by atoms with Gasteiger partial charge in [0.2, 0.25) is 11.8 Å². The van der Waals surface area contributed by atoms with Crippen molar-refractivity contribution in [1.82, 2.24) is 5.32 Å². The summed E-state index contributed by atoms with van der Waals surface area (Å²) in [4.78, 5) is 25.6. The molecule has 25 heavy (non-hydrogen) atoms. The highest BCUT2D eigenvalue weighted by Crippen LogP contribution is 2.24. The number of carbonyl (C=O) groups is 2. The van der Waals surface area contributed by atoms with E-state index in [9.17, 15) is 9.59 Å². The Labute approximate surface area is 153 Å². The normalized spacial score (nSPS) is 10.4. The molecule has 0 radical (unpaired) electrons. The molecule has 0 atom stereocenters. The van der Waals surface area contributed by atoms with E-state index < -0.39 is 0 Å². The van der Waals surface area contributed by atoms with Crippen molar-refractivity contribution in [1.29, 1.82) is 0 Å². The SMILES string of the molecule is CC(=O)N(CC(=O)NCCCc1ccccc1)c1cc(Cl)ccc1C. The fourth-order valence-corrected chi connectivity index (χ4v) is 2.77. The first-order valence-corrected chi connectivity index (χ1v) is 8.70. The number of amides is 2. The molecule has 0 fully saturated rings. The molecule has 1 N–H and O–H groups in total. The first-order valence-electron chi connectivity index (χ1n) is 8.32. The first kappa shape index (κ1) is 19.0. The van der Waals surface area contributed by atoms with Gasteiger partial charge in [-0.2, -0.15) is 0 Å². The van der Waals surface area contributed by atoms with Gasteiger partial charge in [-0.25, -0.2) is 0 Å². The minimum atomic E-state index is -0.190. The number of nitrogens with one attached hydrogen (secondary N) is 1. The van der Waals surface area contributed by atoms with E-state index in [1.54, 1.807) is 12.1 Å². The molecular formula is C20H23ClN2O2. The van der Waals surface area contributed by atoms with Gasteiger partial charge in [0.1, 0.15) is 6.54 Å². The standard InChI is InChI=1S/C20H23ClN2O2/c1-15-10-11-18(21)13-19(15)23(16(2)24)14-20(25)22-12-6-9-17-7-4-3-5-8-17/h3-5,7-8,10-11,13H,6,9,12,14H2,1-2H3,(H,22,25). The average molecular weight is 359 g/mol. The van der Waals surface area contributed by atoms with E-state index in [0.717, 1.165) is 18.4 Å². The number of hydrogen-bond donors (Lipinski definition) is 1. The van der Waals surface area contributed by atoms with Crippen LogP contribution in [0.1, 0.15) is 24.5 Å². The van der Waals surface area contributed by atoms with Crippen LogP contribution in [0, 0.1) is 6.92 Å². The third kappa shape index (κ3) is 5.91. The molecule has 0 saturated carbocycles. The Hall–Kier alpha value is -2.33. The van der Waals surface area contributed by atoms with Crippen LogP contribution in [-0.2, 0) is 16.0 Å². The first-order chi connectivity index (χ1) is 12.0. The number of halogens is 1. The topological polar surface area (TPSA) is 49.4 Å². The van der Waals surface area contributed by atoms with Crippen LogP contribution in [0.2, 0.25) is 5.02 Å². The smallest absolute Gasteiger partial charge is 0.240 e. The summed E-state index contributed by atoms with van der Waals surface area (Å²) in [5.74, 6) is -0.368. The van der Waals surface area contributed by atoms with Crippen molar-refractivity contribution in [3.8, 4) is 0 Å². The lowest BCUT2D eigenvalue weighted by Gasteiger charge is -2.22. The van der Waals surface area contributed by atoms with E-state index in [-0.39, 0.29) is 18.4 Å². The van der Waals surface area contributed by atoms with Crippen molar-refractivity contribution in [3.63, 3.8) is 0 Å². The fourth-order valence-electron chi connectivity index (χ4n) is 2.60. The number of carbonyl (C=O) groups excluding carboxylic acids is 2. The fraction of sp³-hybridized carbons (Fsp3) is 0.300. The van der Waals surface area contributed by atoms with Gasteiger partial charge in [-0.05, 0) is 43.0 Å². The Morgan fingerprint density at radius 2 is 1.84 bits per heavy atom. The van der Waals surface area contributed by atoms with Crippen LogP contribution < -0.4 is 10.2 Å². The summed E-state index contributed by atoms with van der Waals surface area (Å²) in [6.45, 7) is 3.90. The van der Waals surface area contributed by atoms with E-state index in [2.05, 4.69) is 17.4 Å². The van der Waals surface area contributed by atoms with Gasteiger partial charge in [-0.15, -0.1) is 0 Å². The van der Waals surface area contributed by atoms with Crippen molar-refractivity contribution in [3.05, 3.63) is 64.7 Å². The summed E-state index contributed by atoms with van der Waals surface area (Å²) < 4.78 is 0. The number of benzene rings is 2. The van der Waals surface area contributed by atoms with Gasteiger partial charge in [0.15, 0.2) is 0 Å². The van der Waals surface area contributed by atoms with E-state index >= 15 is 0 Å². The Kier molecular flexibility index (Phi) is 7.02. The second-order valence-electron chi connectivity index (χ2n) is 5.98. The summed E-state index contributed by atoms with van der Waals surface area (Å²) in [6.07, 6.45) is 1.76. The largest absolute Gasteiger partial charge is 0.355 e. The van der Waals surface area contributed by atoms with Crippen LogP contribution in [0.3, 0.4) is 0 Å². The lowest BCUT2D eigenvalue weighted by molar-refractivity contribution is -0.123. The number of anilines is 1. The van der Waals surface area contributed by atoms with Gasteiger partial charge in [-0.1, -0.05) is 48.0 Å². The summed E-state index contributed by atoms with van der Waals surface area (Å²) in [6, 6.07) is 15.5. The highest BCUT2D eigenvalue weighted by molar-refractivity contribution is 6.31. The summed E-state index contributed by atoms with van der Waals surface area (Å²) in [7, 11) is 0. The van der Waals surface area contributed by atoms with Crippen molar-refractivity contribution in [2.45, 2.75) is 26.7 Å². The van der Waals surface area contributed by atoms with Crippen LogP contribution in [0.15, 0.2) is 48.5 Å². The molecule has 0 saturated heterocycles. The molecule has 0 aliphatic carbocycles. The van der Waals surface area contributed by atoms with Crippen molar-refractivity contribution in [2.24, 2.45) is 0 Å². The van der Waals surface area contributed by atoms with Gasteiger partial charge in [0.25, 0.3) is 0 Å². The molecule has 2 aromatic rings. The molecule has 0 bridgehead atoms. The predicted molar refractivity (Wildman–Crippen MR) is 102 cm³/mol. The third-order valence-electron chi connectivity index (χ3n) is 3.95. The van der Waals surface area contributed by atoms with Gasteiger partial charge >= 0.3 is 0 Å². The highest BCUT2D eigenvalue weighted by atomic mass is 35.5. The minimum Gasteiger partial charge on any atom is -0.355 e. The maximum atomic E-state index is 12.2. The predicted octanol–water partition coefficient (Wildman–Crippen LogP) is 3.75. The summed E-state index contributed by atoms with van der Waals surface area (Å²) >= 11 is 6.02. The van der Waals surface area contributed by atoms with Crippen LogP contribution in [-0.4, -0.2) is 24.9 Å². The molecular weight excluding hydrogens is 336 g/mol.